The molecule has 4 nitrogen and oxygen atoms in total. The van der Waals surface area contributed by atoms with Gasteiger partial charge < -0.3 is 10.1 Å². The molecule has 0 atom stereocenters. The minimum Gasteiger partial charge on any atom is -0.451 e. The van der Waals surface area contributed by atoms with Gasteiger partial charge in [-0.25, -0.2) is 9.18 Å². The van der Waals surface area contributed by atoms with E-state index in [1.807, 2.05) is 0 Å². The summed E-state index contributed by atoms with van der Waals surface area (Å²) in [6.45, 7) is -0.326. The van der Waals surface area contributed by atoms with Crippen molar-refractivity contribution in [3.63, 3.8) is 0 Å². The minimum absolute atomic E-state index is 0.0576. The third-order valence-electron chi connectivity index (χ3n) is 2.49. The van der Waals surface area contributed by atoms with Crippen LogP contribution in [0.1, 0.15) is 15.2 Å². The lowest BCUT2D eigenvalue weighted by Crippen LogP contribution is -2.28. The van der Waals surface area contributed by atoms with Crippen molar-refractivity contribution < 1.29 is 18.7 Å². The van der Waals surface area contributed by atoms with Crippen LogP contribution >= 0.6 is 11.3 Å². The van der Waals surface area contributed by atoms with Crippen molar-refractivity contribution in [1.82, 2.24) is 5.32 Å². The SMILES string of the molecule is O=C(COC(=O)c1cccs1)NCc1ccccc1F. The van der Waals surface area contributed by atoms with Crippen LogP contribution in [0.5, 0.6) is 0 Å². The summed E-state index contributed by atoms with van der Waals surface area (Å²) in [5.74, 6) is -1.40. The Kier molecular flexibility index (Phi) is 4.84. The highest BCUT2D eigenvalue weighted by Gasteiger charge is 2.11. The van der Waals surface area contributed by atoms with E-state index >= 15 is 0 Å². The average Bonchev–Trinajstić information content (AvgIpc) is 2.98. The summed E-state index contributed by atoms with van der Waals surface area (Å²) in [4.78, 5) is 23.4. The average molecular weight is 293 g/mol. The zero-order chi connectivity index (χ0) is 14.4. The maximum atomic E-state index is 13.3. The van der Waals surface area contributed by atoms with Crippen LogP contribution < -0.4 is 5.32 Å². The summed E-state index contributed by atoms with van der Waals surface area (Å²) in [6, 6.07) is 9.49. The monoisotopic (exact) mass is 293 g/mol. The van der Waals surface area contributed by atoms with Gasteiger partial charge in [0, 0.05) is 12.1 Å². The van der Waals surface area contributed by atoms with E-state index in [2.05, 4.69) is 5.32 Å². The van der Waals surface area contributed by atoms with Gasteiger partial charge >= 0.3 is 5.97 Å². The predicted octanol–water partition coefficient (Wildman–Crippen LogP) is 2.36. The molecule has 1 amide bonds. The van der Waals surface area contributed by atoms with E-state index in [0.29, 0.717) is 10.4 Å². The Bertz CT molecular complexity index is 598. The van der Waals surface area contributed by atoms with Crippen molar-refractivity contribution in [1.29, 1.82) is 0 Å². The molecule has 104 valence electrons. The molecule has 0 aliphatic heterocycles. The fraction of sp³-hybridized carbons (Fsp3) is 0.143. The van der Waals surface area contributed by atoms with Gasteiger partial charge in [0.05, 0.1) is 0 Å². The molecule has 2 aromatic rings. The van der Waals surface area contributed by atoms with Gasteiger partial charge in [-0.05, 0) is 17.5 Å². The van der Waals surface area contributed by atoms with Crippen LogP contribution in [0.4, 0.5) is 4.39 Å². The van der Waals surface area contributed by atoms with E-state index in [-0.39, 0.29) is 19.0 Å². The number of rotatable bonds is 5. The number of amides is 1. The maximum absolute atomic E-state index is 13.3. The number of carbonyl (C=O) groups is 2. The smallest absolute Gasteiger partial charge is 0.348 e. The zero-order valence-electron chi connectivity index (χ0n) is 10.5. The molecular formula is C14H12FNO3S. The van der Waals surface area contributed by atoms with Gasteiger partial charge in [0.15, 0.2) is 6.61 Å². The van der Waals surface area contributed by atoms with Gasteiger partial charge in [0.25, 0.3) is 5.91 Å². The molecular weight excluding hydrogens is 281 g/mol. The Hall–Kier alpha value is -2.21. The molecule has 1 aromatic heterocycles. The van der Waals surface area contributed by atoms with Gasteiger partial charge in [-0.3, -0.25) is 4.79 Å². The maximum Gasteiger partial charge on any atom is 0.348 e. The molecule has 1 N–H and O–H groups in total. The highest BCUT2D eigenvalue weighted by Crippen LogP contribution is 2.09. The van der Waals surface area contributed by atoms with E-state index < -0.39 is 11.9 Å². The van der Waals surface area contributed by atoms with Crippen LogP contribution in [0.15, 0.2) is 41.8 Å². The number of benzene rings is 1. The van der Waals surface area contributed by atoms with Crippen LogP contribution in [0.25, 0.3) is 0 Å². The van der Waals surface area contributed by atoms with Gasteiger partial charge in [-0.15, -0.1) is 11.3 Å². The number of esters is 1. The first-order chi connectivity index (χ1) is 9.66. The topological polar surface area (TPSA) is 55.4 Å². The standard InChI is InChI=1S/C14H12FNO3S/c15-11-5-2-1-4-10(11)8-16-13(17)9-19-14(18)12-6-3-7-20-12/h1-7H,8-9H2,(H,16,17). The second kappa shape index (κ2) is 6.81. The fourth-order valence-electron chi connectivity index (χ4n) is 1.48. The van der Waals surface area contributed by atoms with Gasteiger partial charge in [-0.2, -0.15) is 0 Å². The fourth-order valence-corrected chi connectivity index (χ4v) is 2.10. The van der Waals surface area contributed by atoms with Gasteiger partial charge in [0.1, 0.15) is 10.7 Å². The first kappa shape index (κ1) is 14.2. The normalized spacial score (nSPS) is 10.1. The summed E-state index contributed by atoms with van der Waals surface area (Å²) in [5.41, 5.74) is 0.380. The molecule has 1 heterocycles. The zero-order valence-corrected chi connectivity index (χ0v) is 11.3. The van der Waals surface area contributed by atoms with Crippen LogP contribution in [0, 0.1) is 5.82 Å². The van der Waals surface area contributed by atoms with Crippen LogP contribution in [-0.2, 0) is 16.1 Å². The molecule has 2 rings (SSSR count). The van der Waals surface area contributed by atoms with Crippen molar-refractivity contribution in [3.8, 4) is 0 Å². The Labute approximate surface area is 119 Å². The Balaban J connectivity index is 1.76. The summed E-state index contributed by atoms with van der Waals surface area (Å²) in [7, 11) is 0. The molecule has 0 aliphatic carbocycles. The lowest BCUT2D eigenvalue weighted by Gasteiger charge is -2.06. The molecule has 0 spiro atoms. The third-order valence-corrected chi connectivity index (χ3v) is 3.34. The molecule has 0 saturated heterocycles. The third kappa shape index (κ3) is 3.89. The van der Waals surface area contributed by atoms with Gasteiger partial charge in [-0.1, -0.05) is 24.3 Å². The van der Waals surface area contributed by atoms with Crippen molar-refractivity contribution >= 4 is 23.2 Å². The lowest BCUT2D eigenvalue weighted by molar-refractivity contribution is -0.124. The highest BCUT2D eigenvalue weighted by molar-refractivity contribution is 7.11. The largest absolute Gasteiger partial charge is 0.451 e. The Morgan fingerprint density at radius 2 is 2.00 bits per heavy atom. The summed E-state index contributed by atoms with van der Waals surface area (Å²) in [5, 5.41) is 4.23. The number of halogens is 1. The first-order valence-corrected chi connectivity index (χ1v) is 6.75. The van der Waals surface area contributed by atoms with Gasteiger partial charge in [0.2, 0.25) is 0 Å². The number of nitrogens with one attached hydrogen (secondary N) is 1. The van der Waals surface area contributed by atoms with E-state index in [4.69, 9.17) is 4.74 Å². The van der Waals surface area contributed by atoms with Crippen LogP contribution in [-0.4, -0.2) is 18.5 Å². The first-order valence-electron chi connectivity index (χ1n) is 5.87. The second-order valence-electron chi connectivity index (χ2n) is 3.92. The molecule has 0 fully saturated rings. The van der Waals surface area contributed by atoms with E-state index in [1.54, 1.807) is 35.7 Å². The molecule has 0 saturated carbocycles. The minimum atomic E-state index is -0.541. The lowest BCUT2D eigenvalue weighted by atomic mass is 10.2. The van der Waals surface area contributed by atoms with Crippen molar-refractivity contribution in [2.75, 3.05) is 6.61 Å². The number of hydrogen-bond donors (Lipinski definition) is 1. The highest BCUT2D eigenvalue weighted by atomic mass is 32.1. The molecule has 0 bridgehead atoms. The number of carbonyl (C=O) groups excluding carboxylic acids is 2. The molecule has 6 heteroatoms. The van der Waals surface area contributed by atoms with Crippen molar-refractivity contribution in [2.45, 2.75) is 6.54 Å². The number of thiophene rings is 1. The summed E-state index contributed by atoms with van der Waals surface area (Å²) >= 11 is 1.24. The predicted molar refractivity (Wildman–Crippen MR) is 72.8 cm³/mol. The molecule has 0 unspecified atom stereocenters. The van der Waals surface area contributed by atoms with Crippen LogP contribution in [0.3, 0.4) is 0 Å². The number of ether oxygens (including phenoxy) is 1. The van der Waals surface area contributed by atoms with E-state index in [9.17, 15) is 14.0 Å². The Morgan fingerprint density at radius 3 is 2.70 bits per heavy atom. The molecule has 20 heavy (non-hydrogen) atoms. The van der Waals surface area contributed by atoms with Crippen LogP contribution in [0.2, 0.25) is 0 Å². The van der Waals surface area contributed by atoms with E-state index in [0.717, 1.165) is 0 Å². The second-order valence-corrected chi connectivity index (χ2v) is 4.87. The quantitative estimate of drug-likeness (QED) is 0.861. The molecule has 1 aromatic carbocycles. The summed E-state index contributed by atoms with van der Waals surface area (Å²) in [6.07, 6.45) is 0. The molecule has 0 aliphatic rings. The summed E-state index contributed by atoms with van der Waals surface area (Å²) < 4.78 is 18.1. The van der Waals surface area contributed by atoms with Crippen molar-refractivity contribution in [2.24, 2.45) is 0 Å². The van der Waals surface area contributed by atoms with E-state index in [1.165, 1.54) is 17.4 Å². The van der Waals surface area contributed by atoms with Crippen molar-refractivity contribution in [3.05, 3.63) is 58.0 Å². The Morgan fingerprint density at radius 1 is 1.20 bits per heavy atom. The number of hydrogen-bond acceptors (Lipinski definition) is 4. The molecule has 0 radical (unpaired) electrons.